The van der Waals surface area contributed by atoms with Crippen LogP contribution in [0.5, 0.6) is 0 Å². The maximum Gasteiger partial charge on any atom is 0.142 e. The van der Waals surface area contributed by atoms with Crippen molar-refractivity contribution in [3.63, 3.8) is 0 Å². The van der Waals surface area contributed by atoms with Crippen LogP contribution < -0.4 is 0 Å². The molecule has 0 amide bonds. The van der Waals surface area contributed by atoms with Crippen molar-refractivity contribution in [1.82, 2.24) is 4.98 Å². The molecule has 0 radical (unpaired) electrons. The SMILES string of the molecule is O=C(Cc1ccc(Br)cn1)C1C2CC3CC(C2)CC1C3. The molecule has 0 spiro atoms. The molecule has 4 fully saturated rings. The Balaban J connectivity index is 1.50. The van der Waals surface area contributed by atoms with Gasteiger partial charge in [-0.15, -0.1) is 0 Å². The molecule has 1 heterocycles. The number of carbonyl (C=O) groups excluding carboxylic acids is 1. The highest BCUT2D eigenvalue weighted by Crippen LogP contribution is 2.56. The quantitative estimate of drug-likeness (QED) is 0.835. The third-order valence-electron chi connectivity index (χ3n) is 5.74. The molecule has 106 valence electrons. The number of pyridine rings is 1. The third-order valence-corrected chi connectivity index (χ3v) is 6.21. The van der Waals surface area contributed by atoms with Crippen LogP contribution >= 0.6 is 15.9 Å². The fraction of sp³-hybridized carbons (Fsp3) is 0.647. The Hall–Kier alpha value is -0.700. The van der Waals surface area contributed by atoms with Crippen molar-refractivity contribution in [2.45, 2.75) is 38.5 Å². The van der Waals surface area contributed by atoms with Crippen molar-refractivity contribution in [2.24, 2.45) is 29.6 Å². The van der Waals surface area contributed by atoms with Crippen LogP contribution in [0.3, 0.4) is 0 Å². The lowest BCUT2D eigenvalue weighted by Gasteiger charge is -2.53. The van der Waals surface area contributed by atoms with Gasteiger partial charge in [0.1, 0.15) is 5.78 Å². The van der Waals surface area contributed by atoms with Crippen LogP contribution in [0.25, 0.3) is 0 Å². The second-order valence-electron chi connectivity index (χ2n) is 7.07. The van der Waals surface area contributed by atoms with E-state index in [0.717, 1.165) is 22.0 Å². The van der Waals surface area contributed by atoms with E-state index in [1.165, 1.54) is 32.1 Å². The number of hydrogen-bond acceptors (Lipinski definition) is 2. The summed E-state index contributed by atoms with van der Waals surface area (Å²) in [5.74, 6) is 4.05. The fourth-order valence-corrected chi connectivity index (χ4v) is 5.49. The normalized spacial score (nSPS) is 38.1. The van der Waals surface area contributed by atoms with E-state index in [9.17, 15) is 4.79 Å². The van der Waals surface area contributed by atoms with Crippen molar-refractivity contribution >= 4 is 21.7 Å². The van der Waals surface area contributed by atoms with Crippen LogP contribution in [0.2, 0.25) is 0 Å². The molecule has 3 heteroatoms. The van der Waals surface area contributed by atoms with Crippen LogP contribution in [0.15, 0.2) is 22.8 Å². The Bertz CT molecular complexity index is 496. The van der Waals surface area contributed by atoms with Crippen LogP contribution in [0.1, 0.15) is 37.8 Å². The van der Waals surface area contributed by atoms with E-state index in [4.69, 9.17) is 0 Å². The molecule has 0 unspecified atom stereocenters. The predicted octanol–water partition coefficient (Wildman–Crippen LogP) is 4.03. The summed E-state index contributed by atoms with van der Waals surface area (Å²) in [6, 6.07) is 3.95. The maximum absolute atomic E-state index is 12.7. The first-order chi connectivity index (χ1) is 9.69. The lowest BCUT2D eigenvalue weighted by molar-refractivity contribution is -0.135. The Morgan fingerprint density at radius 3 is 2.30 bits per heavy atom. The molecule has 0 atom stereocenters. The zero-order valence-corrected chi connectivity index (χ0v) is 13.2. The molecule has 0 aliphatic heterocycles. The maximum atomic E-state index is 12.7. The Labute approximate surface area is 128 Å². The third kappa shape index (κ3) is 2.24. The number of Topliss-reactive ketones (excluding diaryl/α,β-unsaturated/α-hetero) is 1. The second-order valence-corrected chi connectivity index (χ2v) is 7.98. The van der Waals surface area contributed by atoms with Crippen molar-refractivity contribution in [1.29, 1.82) is 0 Å². The highest BCUT2D eigenvalue weighted by molar-refractivity contribution is 9.10. The van der Waals surface area contributed by atoms with E-state index in [0.29, 0.717) is 30.0 Å². The molecule has 1 aromatic heterocycles. The van der Waals surface area contributed by atoms with Crippen molar-refractivity contribution in [3.05, 3.63) is 28.5 Å². The molecule has 4 saturated carbocycles. The van der Waals surface area contributed by atoms with E-state index in [2.05, 4.69) is 20.9 Å². The minimum atomic E-state index is 0.341. The summed E-state index contributed by atoms with van der Waals surface area (Å²) in [5.41, 5.74) is 0.923. The summed E-state index contributed by atoms with van der Waals surface area (Å²) >= 11 is 3.39. The molecule has 20 heavy (non-hydrogen) atoms. The summed E-state index contributed by atoms with van der Waals surface area (Å²) in [6.07, 6.45) is 9.03. The molecule has 4 aliphatic rings. The summed E-state index contributed by atoms with van der Waals surface area (Å²) in [4.78, 5) is 17.1. The highest BCUT2D eigenvalue weighted by Gasteiger charge is 2.50. The topological polar surface area (TPSA) is 30.0 Å². The lowest BCUT2D eigenvalue weighted by atomic mass is 9.51. The number of nitrogens with zero attached hydrogens (tertiary/aromatic N) is 1. The number of aromatic nitrogens is 1. The van der Waals surface area contributed by atoms with Gasteiger partial charge in [0.05, 0.1) is 0 Å². The van der Waals surface area contributed by atoms with Gasteiger partial charge in [-0.3, -0.25) is 9.78 Å². The lowest BCUT2D eigenvalue weighted by Crippen LogP contribution is -2.48. The molecule has 2 nitrogen and oxygen atoms in total. The van der Waals surface area contributed by atoms with Gasteiger partial charge in [0.15, 0.2) is 0 Å². The molecule has 0 N–H and O–H groups in total. The number of rotatable bonds is 3. The largest absolute Gasteiger partial charge is 0.299 e. The van der Waals surface area contributed by atoms with Gasteiger partial charge >= 0.3 is 0 Å². The van der Waals surface area contributed by atoms with Gasteiger partial charge in [0.2, 0.25) is 0 Å². The number of carbonyl (C=O) groups is 1. The zero-order valence-electron chi connectivity index (χ0n) is 11.6. The molecule has 5 rings (SSSR count). The van der Waals surface area contributed by atoms with Gasteiger partial charge in [-0.05, 0) is 83.8 Å². The minimum Gasteiger partial charge on any atom is -0.299 e. The van der Waals surface area contributed by atoms with Crippen LogP contribution in [0, 0.1) is 29.6 Å². The van der Waals surface area contributed by atoms with Gasteiger partial charge in [-0.25, -0.2) is 0 Å². The smallest absolute Gasteiger partial charge is 0.142 e. The summed E-state index contributed by atoms with van der Waals surface area (Å²) in [5, 5.41) is 0. The zero-order chi connectivity index (χ0) is 13.7. The Kier molecular flexibility index (Phi) is 3.21. The van der Waals surface area contributed by atoms with Gasteiger partial charge in [-0.1, -0.05) is 0 Å². The van der Waals surface area contributed by atoms with E-state index in [1.807, 2.05) is 12.1 Å². The highest BCUT2D eigenvalue weighted by atomic mass is 79.9. The fourth-order valence-electron chi connectivity index (χ4n) is 5.26. The van der Waals surface area contributed by atoms with E-state index >= 15 is 0 Å². The Morgan fingerprint density at radius 1 is 1.10 bits per heavy atom. The number of hydrogen-bond donors (Lipinski definition) is 0. The molecular formula is C17H20BrNO. The van der Waals surface area contributed by atoms with Crippen molar-refractivity contribution < 1.29 is 4.79 Å². The molecule has 4 aliphatic carbocycles. The predicted molar refractivity (Wildman–Crippen MR) is 81.2 cm³/mol. The van der Waals surface area contributed by atoms with E-state index < -0.39 is 0 Å². The van der Waals surface area contributed by atoms with Gasteiger partial charge in [0, 0.05) is 28.7 Å². The average Bonchev–Trinajstić information content (AvgIpc) is 2.40. The van der Waals surface area contributed by atoms with Gasteiger partial charge in [-0.2, -0.15) is 0 Å². The Morgan fingerprint density at radius 2 is 1.75 bits per heavy atom. The van der Waals surface area contributed by atoms with Gasteiger partial charge < -0.3 is 0 Å². The standard InChI is InChI=1S/C17H20BrNO/c18-14-1-2-15(19-9-14)8-16(20)17-12-4-10-3-11(6-12)7-13(17)5-10/h1-2,9-13,17H,3-8H2. The van der Waals surface area contributed by atoms with Crippen molar-refractivity contribution in [3.8, 4) is 0 Å². The summed E-state index contributed by atoms with van der Waals surface area (Å²) in [6.45, 7) is 0. The molecule has 1 aromatic rings. The van der Waals surface area contributed by atoms with E-state index in [-0.39, 0.29) is 0 Å². The van der Waals surface area contributed by atoms with Crippen LogP contribution in [-0.4, -0.2) is 10.8 Å². The first-order valence-corrected chi connectivity index (χ1v) is 8.61. The van der Waals surface area contributed by atoms with Crippen LogP contribution in [-0.2, 0) is 11.2 Å². The van der Waals surface area contributed by atoms with Gasteiger partial charge in [0.25, 0.3) is 0 Å². The minimum absolute atomic E-state index is 0.341. The first-order valence-electron chi connectivity index (χ1n) is 7.82. The average molecular weight is 334 g/mol. The molecule has 0 aromatic carbocycles. The van der Waals surface area contributed by atoms with Crippen LogP contribution in [0.4, 0.5) is 0 Å². The first kappa shape index (κ1) is 13.0. The number of ketones is 1. The molecule has 4 bridgehead atoms. The van der Waals surface area contributed by atoms with Crippen molar-refractivity contribution in [2.75, 3.05) is 0 Å². The molecular weight excluding hydrogens is 314 g/mol. The summed E-state index contributed by atoms with van der Waals surface area (Å²) < 4.78 is 0.975. The molecule has 0 saturated heterocycles. The summed E-state index contributed by atoms with van der Waals surface area (Å²) in [7, 11) is 0. The number of halogens is 1. The second kappa shape index (κ2) is 4.94. The van der Waals surface area contributed by atoms with E-state index in [1.54, 1.807) is 6.20 Å². The monoisotopic (exact) mass is 333 g/mol.